The molecule has 0 aliphatic rings. The van der Waals surface area contributed by atoms with Gasteiger partial charge in [-0.3, -0.25) is 4.79 Å². The van der Waals surface area contributed by atoms with Gasteiger partial charge in [0.15, 0.2) is 0 Å². The van der Waals surface area contributed by atoms with Crippen molar-refractivity contribution in [3.05, 3.63) is 58.3 Å². The van der Waals surface area contributed by atoms with E-state index >= 15 is 0 Å². The van der Waals surface area contributed by atoms with Gasteiger partial charge in [0.25, 0.3) is 5.91 Å². The molecule has 1 amide bonds. The summed E-state index contributed by atoms with van der Waals surface area (Å²) in [5.74, 6) is -0.164. The van der Waals surface area contributed by atoms with Crippen LogP contribution >= 0.6 is 11.3 Å². The van der Waals surface area contributed by atoms with E-state index in [0.717, 1.165) is 12.8 Å². The van der Waals surface area contributed by atoms with Crippen molar-refractivity contribution in [3.63, 3.8) is 0 Å². The predicted octanol–water partition coefficient (Wildman–Crippen LogP) is 2.37. The average Bonchev–Trinajstić information content (AvgIpc) is 3.08. The number of sulfonamides is 1. The molecule has 0 saturated heterocycles. The summed E-state index contributed by atoms with van der Waals surface area (Å²) in [5.41, 5.74) is 1.19. The number of hydrogen-bond acceptors (Lipinski definition) is 4. The highest BCUT2D eigenvalue weighted by Crippen LogP contribution is 2.08. The average molecular weight is 367 g/mol. The normalized spacial score (nSPS) is 11.6. The molecule has 7 heteroatoms. The first kappa shape index (κ1) is 18.6. The van der Waals surface area contributed by atoms with E-state index in [1.807, 2.05) is 41.8 Å². The molecule has 1 N–H and O–H groups in total. The molecule has 5 nitrogen and oxygen atoms in total. The van der Waals surface area contributed by atoms with Crippen LogP contribution in [0.4, 0.5) is 0 Å². The molecule has 0 atom stereocenters. The molecule has 130 valence electrons. The lowest BCUT2D eigenvalue weighted by Crippen LogP contribution is -2.38. The highest BCUT2D eigenvalue weighted by atomic mass is 32.2. The van der Waals surface area contributed by atoms with Gasteiger partial charge in [0.1, 0.15) is 0 Å². The standard InChI is InChI=1S/C17H22N2O3S2/c1-24(21,22)19(12-5-9-15-7-3-2-4-8-15)13-11-18-17(20)16-10-6-14-23-16/h2-4,6-8,10,14H,5,9,11-13H2,1H3,(H,18,20). The maximum Gasteiger partial charge on any atom is 0.261 e. The fourth-order valence-corrected chi connectivity index (χ4v) is 3.86. The van der Waals surface area contributed by atoms with Crippen LogP contribution in [0.15, 0.2) is 47.8 Å². The van der Waals surface area contributed by atoms with E-state index < -0.39 is 10.0 Å². The molecule has 24 heavy (non-hydrogen) atoms. The lowest BCUT2D eigenvalue weighted by atomic mass is 10.1. The zero-order chi connectivity index (χ0) is 17.4. The molecule has 0 fully saturated rings. The molecule has 0 aliphatic heterocycles. The quantitative estimate of drug-likeness (QED) is 0.741. The predicted molar refractivity (Wildman–Crippen MR) is 97.8 cm³/mol. The van der Waals surface area contributed by atoms with E-state index in [9.17, 15) is 13.2 Å². The van der Waals surface area contributed by atoms with E-state index in [0.29, 0.717) is 18.0 Å². The highest BCUT2D eigenvalue weighted by molar-refractivity contribution is 7.88. The van der Waals surface area contributed by atoms with Gasteiger partial charge < -0.3 is 5.32 Å². The first-order valence-corrected chi connectivity index (χ1v) is 10.5. The van der Waals surface area contributed by atoms with Crippen molar-refractivity contribution in [1.82, 2.24) is 9.62 Å². The maximum absolute atomic E-state index is 11.9. The molecule has 1 heterocycles. The van der Waals surface area contributed by atoms with Gasteiger partial charge in [-0.1, -0.05) is 36.4 Å². The van der Waals surface area contributed by atoms with Gasteiger partial charge in [-0.05, 0) is 29.9 Å². The van der Waals surface area contributed by atoms with Crippen LogP contribution in [0.1, 0.15) is 21.7 Å². The first-order chi connectivity index (χ1) is 11.5. The van der Waals surface area contributed by atoms with Gasteiger partial charge in [0.05, 0.1) is 11.1 Å². The summed E-state index contributed by atoms with van der Waals surface area (Å²) in [4.78, 5) is 12.5. The number of thiophene rings is 1. The largest absolute Gasteiger partial charge is 0.350 e. The Kier molecular flexibility index (Phi) is 6.96. The number of rotatable bonds is 9. The summed E-state index contributed by atoms with van der Waals surface area (Å²) in [7, 11) is -3.29. The minimum atomic E-state index is -3.29. The third-order valence-corrected chi connectivity index (χ3v) is 5.75. The van der Waals surface area contributed by atoms with Gasteiger partial charge in [-0.2, -0.15) is 0 Å². The summed E-state index contributed by atoms with van der Waals surface area (Å²) in [5, 5.41) is 4.60. The molecule has 0 unspecified atom stereocenters. The van der Waals surface area contributed by atoms with Crippen molar-refractivity contribution < 1.29 is 13.2 Å². The Hall–Kier alpha value is -1.70. The summed E-state index contributed by atoms with van der Waals surface area (Å²) < 4.78 is 25.2. The molecule has 0 bridgehead atoms. The van der Waals surface area contributed by atoms with Gasteiger partial charge in [0, 0.05) is 19.6 Å². The van der Waals surface area contributed by atoms with Gasteiger partial charge in [0.2, 0.25) is 10.0 Å². The van der Waals surface area contributed by atoms with Crippen LogP contribution in [0.25, 0.3) is 0 Å². The molecule has 1 aromatic carbocycles. The number of carbonyl (C=O) groups is 1. The number of aryl methyl sites for hydroxylation is 1. The fraction of sp³-hybridized carbons (Fsp3) is 0.353. The number of nitrogens with one attached hydrogen (secondary N) is 1. The Balaban J connectivity index is 1.79. The number of hydrogen-bond donors (Lipinski definition) is 1. The third kappa shape index (κ3) is 6.07. The zero-order valence-electron chi connectivity index (χ0n) is 13.6. The fourth-order valence-electron chi connectivity index (χ4n) is 2.34. The van der Waals surface area contributed by atoms with Crippen LogP contribution < -0.4 is 5.32 Å². The van der Waals surface area contributed by atoms with Crippen LogP contribution in [-0.4, -0.2) is 44.5 Å². The smallest absolute Gasteiger partial charge is 0.261 e. The molecule has 0 spiro atoms. The molecule has 2 aromatic rings. The van der Waals surface area contributed by atoms with E-state index in [1.165, 1.54) is 27.5 Å². The van der Waals surface area contributed by atoms with Crippen LogP contribution in [-0.2, 0) is 16.4 Å². The van der Waals surface area contributed by atoms with Crippen molar-refractivity contribution in [1.29, 1.82) is 0 Å². The number of nitrogens with zero attached hydrogens (tertiary/aromatic N) is 1. The van der Waals surface area contributed by atoms with Crippen LogP contribution in [0, 0.1) is 0 Å². The number of carbonyl (C=O) groups excluding carboxylic acids is 1. The Bertz CT molecular complexity index is 728. The monoisotopic (exact) mass is 366 g/mol. The van der Waals surface area contributed by atoms with Crippen molar-refractivity contribution >= 4 is 27.3 Å². The van der Waals surface area contributed by atoms with Crippen molar-refractivity contribution in [2.75, 3.05) is 25.9 Å². The minimum Gasteiger partial charge on any atom is -0.350 e. The summed E-state index contributed by atoms with van der Waals surface area (Å²) in [6, 6.07) is 13.5. The van der Waals surface area contributed by atoms with E-state index in [1.54, 1.807) is 6.07 Å². The second kappa shape index (κ2) is 8.96. The second-order valence-corrected chi connectivity index (χ2v) is 8.41. The molecular formula is C17H22N2O3S2. The SMILES string of the molecule is CS(=O)(=O)N(CCCc1ccccc1)CCNC(=O)c1cccs1. The van der Waals surface area contributed by atoms with Crippen molar-refractivity contribution in [2.45, 2.75) is 12.8 Å². The second-order valence-electron chi connectivity index (χ2n) is 5.48. The molecular weight excluding hydrogens is 344 g/mol. The lowest BCUT2D eigenvalue weighted by Gasteiger charge is -2.20. The van der Waals surface area contributed by atoms with Gasteiger partial charge >= 0.3 is 0 Å². The van der Waals surface area contributed by atoms with Crippen LogP contribution in [0.5, 0.6) is 0 Å². The Morgan fingerprint density at radius 3 is 2.50 bits per heavy atom. The lowest BCUT2D eigenvalue weighted by molar-refractivity contribution is 0.0955. The zero-order valence-corrected chi connectivity index (χ0v) is 15.3. The summed E-state index contributed by atoms with van der Waals surface area (Å²) in [6.45, 7) is 1.03. The molecule has 1 aromatic heterocycles. The van der Waals surface area contributed by atoms with Crippen LogP contribution in [0.2, 0.25) is 0 Å². The van der Waals surface area contributed by atoms with Gasteiger partial charge in [-0.25, -0.2) is 12.7 Å². The molecule has 0 aliphatic carbocycles. The Morgan fingerprint density at radius 2 is 1.88 bits per heavy atom. The molecule has 2 rings (SSSR count). The number of benzene rings is 1. The highest BCUT2D eigenvalue weighted by Gasteiger charge is 2.16. The third-order valence-electron chi connectivity index (χ3n) is 3.58. The first-order valence-electron chi connectivity index (χ1n) is 7.77. The Labute approximate surface area is 147 Å². The molecule has 0 saturated carbocycles. The van der Waals surface area contributed by atoms with Crippen molar-refractivity contribution in [3.8, 4) is 0 Å². The topological polar surface area (TPSA) is 66.5 Å². The van der Waals surface area contributed by atoms with Crippen molar-refractivity contribution in [2.24, 2.45) is 0 Å². The Morgan fingerprint density at radius 1 is 1.12 bits per heavy atom. The van der Waals surface area contributed by atoms with Gasteiger partial charge in [-0.15, -0.1) is 11.3 Å². The van der Waals surface area contributed by atoms with Crippen LogP contribution in [0.3, 0.4) is 0 Å². The molecule has 0 radical (unpaired) electrons. The summed E-state index contributed by atoms with van der Waals surface area (Å²) >= 11 is 1.36. The minimum absolute atomic E-state index is 0.164. The number of amides is 1. The van der Waals surface area contributed by atoms with E-state index in [4.69, 9.17) is 0 Å². The maximum atomic E-state index is 11.9. The van der Waals surface area contributed by atoms with E-state index in [2.05, 4.69) is 5.32 Å². The summed E-state index contributed by atoms with van der Waals surface area (Å²) in [6.07, 6.45) is 2.78. The van der Waals surface area contributed by atoms with E-state index in [-0.39, 0.29) is 12.5 Å².